The van der Waals surface area contributed by atoms with Crippen LogP contribution in [0.2, 0.25) is 0 Å². The number of thioether (sulfide) groups is 1. The van der Waals surface area contributed by atoms with E-state index < -0.39 is 0 Å². The lowest BCUT2D eigenvalue weighted by Crippen LogP contribution is -2.34. The van der Waals surface area contributed by atoms with Crippen molar-refractivity contribution >= 4 is 23.1 Å². The Morgan fingerprint density at radius 3 is 2.86 bits per heavy atom. The molecule has 0 amide bonds. The molecule has 2 nitrogen and oxygen atoms in total. The van der Waals surface area contributed by atoms with Gasteiger partial charge < -0.3 is 5.32 Å². The van der Waals surface area contributed by atoms with Crippen LogP contribution in [0.15, 0.2) is 34.5 Å². The van der Waals surface area contributed by atoms with Gasteiger partial charge in [-0.25, -0.2) is 9.37 Å². The second-order valence-electron chi connectivity index (χ2n) is 4.95. The van der Waals surface area contributed by atoms with E-state index in [1.165, 1.54) is 6.07 Å². The Morgan fingerprint density at radius 1 is 1.38 bits per heavy atom. The van der Waals surface area contributed by atoms with E-state index in [-0.39, 0.29) is 5.82 Å². The van der Waals surface area contributed by atoms with Crippen LogP contribution in [0.1, 0.15) is 24.0 Å². The zero-order chi connectivity index (χ0) is 15.1. The van der Waals surface area contributed by atoms with Crippen LogP contribution in [0.5, 0.6) is 0 Å². The summed E-state index contributed by atoms with van der Waals surface area (Å²) in [4.78, 5) is 5.24. The molecule has 0 saturated carbocycles. The highest BCUT2D eigenvalue weighted by atomic mass is 32.2. The van der Waals surface area contributed by atoms with E-state index in [0.29, 0.717) is 6.04 Å². The number of rotatable bonds is 8. The van der Waals surface area contributed by atoms with Gasteiger partial charge in [-0.05, 0) is 32.0 Å². The van der Waals surface area contributed by atoms with Crippen LogP contribution in [0.25, 0.3) is 0 Å². The third-order valence-electron chi connectivity index (χ3n) is 3.08. The average Bonchev–Trinajstić information content (AvgIpc) is 2.88. The molecule has 5 heteroatoms. The third kappa shape index (κ3) is 5.41. The number of nitrogens with zero attached hydrogens (tertiary/aromatic N) is 1. The molecule has 0 saturated heterocycles. The normalized spacial score (nSPS) is 12.5. The molecule has 21 heavy (non-hydrogen) atoms. The first kappa shape index (κ1) is 16.5. The maximum absolute atomic E-state index is 13.7. The Labute approximate surface area is 134 Å². The first-order valence-corrected chi connectivity index (χ1v) is 9.07. The van der Waals surface area contributed by atoms with E-state index in [1.807, 2.05) is 19.1 Å². The number of nitrogens with one attached hydrogen (secondary N) is 1. The van der Waals surface area contributed by atoms with Crippen molar-refractivity contribution in [3.05, 3.63) is 46.2 Å². The predicted octanol–water partition coefficient (Wildman–Crippen LogP) is 4.29. The van der Waals surface area contributed by atoms with E-state index in [9.17, 15) is 4.39 Å². The fourth-order valence-electron chi connectivity index (χ4n) is 2.05. The molecule has 0 bridgehead atoms. The number of thiazole rings is 1. The fraction of sp³-hybridized carbons (Fsp3) is 0.438. The maximum Gasteiger partial charge on any atom is 0.136 e. The van der Waals surface area contributed by atoms with Crippen LogP contribution in [0.4, 0.5) is 4.39 Å². The van der Waals surface area contributed by atoms with E-state index in [1.54, 1.807) is 29.2 Å². The lowest BCUT2D eigenvalue weighted by atomic mass is 10.2. The van der Waals surface area contributed by atoms with Gasteiger partial charge in [0.25, 0.3) is 0 Å². The van der Waals surface area contributed by atoms with Gasteiger partial charge in [-0.1, -0.05) is 19.1 Å². The Morgan fingerprint density at radius 2 is 2.19 bits per heavy atom. The first-order chi connectivity index (χ1) is 10.2. The van der Waals surface area contributed by atoms with Crippen LogP contribution in [-0.4, -0.2) is 23.3 Å². The molecule has 0 spiro atoms. The summed E-state index contributed by atoms with van der Waals surface area (Å²) in [6.07, 6.45) is 1.99. The SMILES string of the molecule is CCCNC(CSc1ccccc1F)Cc1csc(C)n1. The van der Waals surface area contributed by atoms with Crippen LogP contribution < -0.4 is 5.32 Å². The molecule has 0 fully saturated rings. The summed E-state index contributed by atoms with van der Waals surface area (Å²) in [5.74, 6) is 0.707. The topological polar surface area (TPSA) is 24.9 Å². The highest BCUT2D eigenvalue weighted by Gasteiger charge is 2.12. The Kier molecular flexibility index (Phi) is 6.67. The van der Waals surface area contributed by atoms with E-state index in [4.69, 9.17) is 0 Å². The molecule has 1 aromatic carbocycles. The maximum atomic E-state index is 13.7. The van der Waals surface area contributed by atoms with Crippen LogP contribution in [0, 0.1) is 12.7 Å². The summed E-state index contributed by atoms with van der Waals surface area (Å²) >= 11 is 3.25. The second kappa shape index (κ2) is 8.51. The first-order valence-electron chi connectivity index (χ1n) is 7.20. The van der Waals surface area contributed by atoms with E-state index in [2.05, 4.69) is 22.6 Å². The van der Waals surface area contributed by atoms with Crippen molar-refractivity contribution in [1.82, 2.24) is 10.3 Å². The smallest absolute Gasteiger partial charge is 0.136 e. The quantitative estimate of drug-likeness (QED) is 0.733. The molecule has 1 heterocycles. The molecule has 0 radical (unpaired) electrons. The summed E-state index contributed by atoms with van der Waals surface area (Å²) < 4.78 is 13.7. The zero-order valence-corrected chi connectivity index (χ0v) is 14.1. The molecule has 1 N–H and O–H groups in total. The minimum Gasteiger partial charge on any atom is -0.313 e. The molecular formula is C16H21FN2S2. The zero-order valence-electron chi connectivity index (χ0n) is 12.4. The van der Waals surface area contributed by atoms with Gasteiger partial charge in [0.15, 0.2) is 0 Å². The van der Waals surface area contributed by atoms with Crippen molar-refractivity contribution in [2.45, 2.75) is 37.6 Å². The fourth-order valence-corrected chi connectivity index (χ4v) is 3.67. The summed E-state index contributed by atoms with van der Waals surface area (Å²) in [6.45, 7) is 5.16. The van der Waals surface area contributed by atoms with Gasteiger partial charge in [-0.3, -0.25) is 0 Å². The molecule has 0 aliphatic heterocycles. The molecule has 0 aliphatic rings. The minimum atomic E-state index is -0.138. The molecule has 1 atom stereocenters. The van der Waals surface area contributed by atoms with Crippen LogP contribution in [-0.2, 0) is 6.42 Å². The van der Waals surface area contributed by atoms with Gasteiger partial charge in [0.2, 0.25) is 0 Å². The molecular weight excluding hydrogens is 303 g/mol. The predicted molar refractivity (Wildman–Crippen MR) is 89.8 cm³/mol. The van der Waals surface area contributed by atoms with Crippen LogP contribution in [0.3, 0.4) is 0 Å². The number of hydrogen-bond donors (Lipinski definition) is 1. The minimum absolute atomic E-state index is 0.138. The number of benzene rings is 1. The van der Waals surface area contributed by atoms with Crippen molar-refractivity contribution in [3.63, 3.8) is 0 Å². The highest BCUT2D eigenvalue weighted by molar-refractivity contribution is 7.99. The van der Waals surface area contributed by atoms with Gasteiger partial charge in [0.05, 0.1) is 10.7 Å². The monoisotopic (exact) mass is 324 g/mol. The standard InChI is InChI=1S/C16H21FN2S2/c1-3-8-18-13(9-14-11-20-12(2)19-14)10-21-16-7-5-4-6-15(16)17/h4-7,11,13,18H,3,8-10H2,1-2H3. The number of aryl methyl sites for hydroxylation is 1. The number of hydrogen-bond acceptors (Lipinski definition) is 4. The summed E-state index contributed by atoms with van der Waals surface area (Å²) in [7, 11) is 0. The molecule has 2 aromatic rings. The Bertz CT molecular complexity index is 557. The largest absolute Gasteiger partial charge is 0.313 e. The van der Waals surface area contributed by atoms with Crippen molar-refractivity contribution in [3.8, 4) is 0 Å². The van der Waals surface area contributed by atoms with Crippen LogP contribution >= 0.6 is 23.1 Å². The summed E-state index contributed by atoms with van der Waals surface area (Å²) in [5.41, 5.74) is 1.13. The van der Waals surface area contributed by atoms with Crippen molar-refractivity contribution in [2.75, 3.05) is 12.3 Å². The molecule has 1 aromatic heterocycles. The molecule has 0 aliphatic carbocycles. The average molecular weight is 324 g/mol. The Hall–Kier alpha value is -0.910. The summed E-state index contributed by atoms with van der Waals surface area (Å²) in [5, 5.41) is 6.75. The Balaban J connectivity index is 1.94. The molecule has 114 valence electrons. The highest BCUT2D eigenvalue weighted by Crippen LogP contribution is 2.23. The van der Waals surface area contributed by atoms with Gasteiger partial charge in [0.1, 0.15) is 5.82 Å². The third-order valence-corrected chi connectivity index (χ3v) is 5.12. The number of aromatic nitrogens is 1. The van der Waals surface area contributed by atoms with Gasteiger partial charge >= 0.3 is 0 Å². The van der Waals surface area contributed by atoms with Gasteiger partial charge in [-0.15, -0.1) is 23.1 Å². The van der Waals surface area contributed by atoms with Gasteiger partial charge in [0, 0.05) is 28.5 Å². The van der Waals surface area contributed by atoms with Crippen molar-refractivity contribution in [1.29, 1.82) is 0 Å². The lowest BCUT2D eigenvalue weighted by molar-refractivity contribution is 0.545. The van der Waals surface area contributed by atoms with Gasteiger partial charge in [-0.2, -0.15) is 0 Å². The molecule has 1 unspecified atom stereocenters. The van der Waals surface area contributed by atoms with Crippen molar-refractivity contribution < 1.29 is 4.39 Å². The van der Waals surface area contributed by atoms with E-state index >= 15 is 0 Å². The number of halogens is 1. The second-order valence-corrected chi connectivity index (χ2v) is 7.08. The lowest BCUT2D eigenvalue weighted by Gasteiger charge is -2.17. The van der Waals surface area contributed by atoms with E-state index in [0.717, 1.165) is 40.7 Å². The molecule has 2 rings (SSSR count). The summed E-state index contributed by atoms with van der Waals surface area (Å²) in [6, 6.07) is 7.27. The van der Waals surface area contributed by atoms with Crippen molar-refractivity contribution in [2.24, 2.45) is 0 Å².